The number of H-pyrrole nitrogens is 1. The lowest BCUT2D eigenvalue weighted by Crippen LogP contribution is -2.44. The average molecular weight is 352 g/mol. The van der Waals surface area contributed by atoms with E-state index >= 15 is 0 Å². The van der Waals surface area contributed by atoms with Crippen molar-refractivity contribution in [1.29, 1.82) is 0 Å². The first kappa shape index (κ1) is 16.4. The molecule has 0 unspecified atom stereocenters. The van der Waals surface area contributed by atoms with E-state index in [0.717, 1.165) is 43.1 Å². The van der Waals surface area contributed by atoms with Gasteiger partial charge in [0.15, 0.2) is 0 Å². The highest BCUT2D eigenvalue weighted by Gasteiger charge is 2.17. The van der Waals surface area contributed by atoms with E-state index in [0.29, 0.717) is 10.6 Å². The number of rotatable bonds is 3. The lowest BCUT2D eigenvalue weighted by Gasteiger charge is -2.34. The molecule has 23 heavy (non-hydrogen) atoms. The number of aromatic amines is 1. The van der Waals surface area contributed by atoms with Crippen molar-refractivity contribution in [2.75, 3.05) is 38.1 Å². The van der Waals surface area contributed by atoms with Gasteiger partial charge in [-0.2, -0.15) is 0 Å². The maximum absolute atomic E-state index is 11.9. The first-order valence-corrected chi connectivity index (χ1v) is 8.51. The maximum Gasteiger partial charge on any atom is 0.252 e. The zero-order valence-electron chi connectivity index (χ0n) is 13.0. The molecule has 1 fully saturated rings. The molecule has 2 aromatic rings. The van der Waals surface area contributed by atoms with Crippen molar-refractivity contribution in [3.8, 4) is 11.3 Å². The van der Waals surface area contributed by atoms with E-state index in [9.17, 15) is 4.79 Å². The number of aromatic nitrogens is 1. The topological polar surface area (TPSA) is 39.3 Å². The third kappa shape index (κ3) is 3.55. The fourth-order valence-electron chi connectivity index (χ4n) is 2.76. The molecule has 3 rings (SSSR count). The number of halogens is 2. The number of pyridine rings is 1. The summed E-state index contributed by atoms with van der Waals surface area (Å²) >= 11 is 12.2. The van der Waals surface area contributed by atoms with E-state index in [1.807, 2.05) is 24.3 Å². The second-order valence-electron chi connectivity index (χ2n) is 5.82. The van der Waals surface area contributed by atoms with Gasteiger partial charge in [-0.25, -0.2) is 0 Å². The highest BCUT2D eigenvalue weighted by molar-refractivity contribution is 6.33. The van der Waals surface area contributed by atoms with E-state index in [4.69, 9.17) is 23.2 Å². The molecule has 2 heterocycles. The summed E-state index contributed by atoms with van der Waals surface area (Å²) < 4.78 is 0. The Hall–Kier alpha value is -1.49. The number of hydrogen-bond donors (Lipinski definition) is 1. The summed E-state index contributed by atoms with van der Waals surface area (Å²) in [5.41, 5.74) is 3.09. The Kier molecular flexibility index (Phi) is 4.95. The van der Waals surface area contributed by atoms with E-state index in [-0.39, 0.29) is 11.4 Å². The molecular formula is C17H19Cl2N3O. The standard InChI is InChI=1S/C17H19Cl2N3O/c1-21-6-8-22(9-7-21)16-5-3-12(10-14(16)19)15-4-2-13(11-18)17(23)20-15/h2-5,10H,6-9,11H2,1H3,(H,20,23). The van der Waals surface area contributed by atoms with Crippen molar-refractivity contribution in [2.24, 2.45) is 0 Å². The first-order valence-electron chi connectivity index (χ1n) is 7.60. The minimum absolute atomic E-state index is 0.156. The van der Waals surface area contributed by atoms with Crippen molar-refractivity contribution in [3.05, 3.63) is 51.3 Å². The molecule has 0 radical (unpaired) electrons. The molecule has 6 heteroatoms. The number of anilines is 1. The molecule has 0 bridgehead atoms. The number of piperazine rings is 1. The van der Waals surface area contributed by atoms with Gasteiger partial charge >= 0.3 is 0 Å². The van der Waals surface area contributed by atoms with Gasteiger partial charge in [0.1, 0.15) is 0 Å². The summed E-state index contributed by atoms with van der Waals surface area (Å²) in [5.74, 6) is 0.207. The fourth-order valence-corrected chi connectivity index (χ4v) is 3.27. The van der Waals surface area contributed by atoms with Gasteiger partial charge in [-0.05, 0) is 30.8 Å². The molecule has 122 valence electrons. The van der Waals surface area contributed by atoms with Gasteiger partial charge in [-0.3, -0.25) is 4.79 Å². The molecule has 0 saturated carbocycles. The van der Waals surface area contributed by atoms with Gasteiger partial charge in [0.25, 0.3) is 5.56 Å². The zero-order chi connectivity index (χ0) is 16.4. The summed E-state index contributed by atoms with van der Waals surface area (Å²) in [6, 6.07) is 9.53. The van der Waals surface area contributed by atoms with Crippen LogP contribution >= 0.6 is 23.2 Å². The van der Waals surface area contributed by atoms with Crippen molar-refractivity contribution in [2.45, 2.75) is 5.88 Å². The first-order chi connectivity index (χ1) is 11.1. The predicted octanol–water partition coefficient (Wildman–Crippen LogP) is 3.19. The third-order valence-corrected chi connectivity index (χ3v) is 4.83. The minimum Gasteiger partial charge on any atom is -0.368 e. The zero-order valence-corrected chi connectivity index (χ0v) is 14.5. The van der Waals surface area contributed by atoms with Crippen LogP contribution in [0.4, 0.5) is 5.69 Å². The number of alkyl halides is 1. The third-order valence-electron chi connectivity index (χ3n) is 4.24. The van der Waals surface area contributed by atoms with Crippen LogP contribution in [0.2, 0.25) is 5.02 Å². The monoisotopic (exact) mass is 351 g/mol. The van der Waals surface area contributed by atoms with Crippen LogP contribution in [-0.2, 0) is 5.88 Å². The van der Waals surface area contributed by atoms with Crippen LogP contribution in [0.5, 0.6) is 0 Å². The van der Waals surface area contributed by atoms with E-state index < -0.39 is 0 Å². The number of likely N-dealkylation sites (N-methyl/N-ethyl adjacent to an activating group) is 1. The summed E-state index contributed by atoms with van der Waals surface area (Å²) in [5, 5.41) is 0.703. The van der Waals surface area contributed by atoms with Crippen molar-refractivity contribution in [1.82, 2.24) is 9.88 Å². The van der Waals surface area contributed by atoms with Crippen LogP contribution < -0.4 is 10.5 Å². The Morgan fingerprint density at radius 2 is 1.87 bits per heavy atom. The average Bonchev–Trinajstić information content (AvgIpc) is 2.55. The van der Waals surface area contributed by atoms with Crippen molar-refractivity contribution < 1.29 is 0 Å². The summed E-state index contributed by atoms with van der Waals surface area (Å²) in [6.07, 6.45) is 0. The Bertz CT molecular complexity index is 752. The second kappa shape index (κ2) is 6.95. The number of hydrogen-bond acceptors (Lipinski definition) is 3. The van der Waals surface area contributed by atoms with Gasteiger partial charge in [-0.1, -0.05) is 23.7 Å². The van der Waals surface area contributed by atoms with Gasteiger partial charge < -0.3 is 14.8 Å². The minimum atomic E-state index is -0.156. The lowest BCUT2D eigenvalue weighted by atomic mass is 10.1. The summed E-state index contributed by atoms with van der Waals surface area (Å²) in [6.45, 7) is 4.00. The van der Waals surface area contributed by atoms with Crippen LogP contribution in [0.1, 0.15) is 5.56 Å². The van der Waals surface area contributed by atoms with E-state index in [2.05, 4.69) is 21.8 Å². The number of nitrogens with one attached hydrogen (secondary N) is 1. The SMILES string of the molecule is CN1CCN(c2ccc(-c3ccc(CCl)c(=O)[nH]3)cc2Cl)CC1. The Morgan fingerprint density at radius 3 is 2.48 bits per heavy atom. The summed E-state index contributed by atoms with van der Waals surface area (Å²) in [7, 11) is 2.13. The maximum atomic E-state index is 11.9. The highest BCUT2D eigenvalue weighted by atomic mass is 35.5. The van der Waals surface area contributed by atoms with Crippen LogP contribution in [-0.4, -0.2) is 43.1 Å². The number of benzene rings is 1. The molecule has 0 amide bonds. The van der Waals surface area contributed by atoms with E-state index in [1.54, 1.807) is 6.07 Å². The van der Waals surface area contributed by atoms with E-state index in [1.165, 1.54) is 0 Å². The fraction of sp³-hybridized carbons (Fsp3) is 0.353. The predicted molar refractivity (Wildman–Crippen MR) is 96.8 cm³/mol. The van der Waals surface area contributed by atoms with Gasteiger partial charge in [0.05, 0.1) is 16.6 Å². The van der Waals surface area contributed by atoms with Crippen LogP contribution in [0.25, 0.3) is 11.3 Å². The molecule has 1 aliphatic heterocycles. The van der Waals surface area contributed by atoms with Crippen molar-refractivity contribution >= 4 is 28.9 Å². The second-order valence-corrected chi connectivity index (χ2v) is 6.49. The summed E-state index contributed by atoms with van der Waals surface area (Å²) in [4.78, 5) is 19.3. The molecule has 4 nitrogen and oxygen atoms in total. The molecule has 0 atom stereocenters. The van der Waals surface area contributed by atoms with Gasteiger partial charge in [-0.15, -0.1) is 11.6 Å². The van der Waals surface area contributed by atoms with Crippen LogP contribution in [0.3, 0.4) is 0 Å². The molecule has 1 aromatic carbocycles. The van der Waals surface area contributed by atoms with Crippen LogP contribution in [0, 0.1) is 0 Å². The quantitative estimate of drug-likeness (QED) is 0.863. The Labute approximate surface area is 145 Å². The highest BCUT2D eigenvalue weighted by Crippen LogP contribution is 2.31. The molecule has 1 aromatic heterocycles. The molecule has 1 N–H and O–H groups in total. The normalized spacial score (nSPS) is 15.9. The van der Waals surface area contributed by atoms with Crippen LogP contribution in [0.15, 0.2) is 35.1 Å². The molecule has 1 aliphatic rings. The van der Waals surface area contributed by atoms with Crippen molar-refractivity contribution in [3.63, 3.8) is 0 Å². The largest absolute Gasteiger partial charge is 0.368 e. The smallest absolute Gasteiger partial charge is 0.252 e. The lowest BCUT2D eigenvalue weighted by molar-refractivity contribution is 0.313. The molecule has 0 spiro atoms. The van der Waals surface area contributed by atoms with Gasteiger partial charge in [0.2, 0.25) is 0 Å². The Balaban J connectivity index is 1.87. The molecular weight excluding hydrogens is 333 g/mol. The Morgan fingerprint density at radius 1 is 1.13 bits per heavy atom. The molecule has 1 saturated heterocycles. The number of nitrogens with zero attached hydrogens (tertiary/aromatic N) is 2. The molecule has 0 aliphatic carbocycles. The van der Waals surface area contributed by atoms with Gasteiger partial charge in [0, 0.05) is 37.4 Å².